The highest BCUT2D eigenvalue weighted by Crippen LogP contribution is 2.19. The summed E-state index contributed by atoms with van der Waals surface area (Å²) in [5.41, 5.74) is 1.91. The van der Waals surface area contributed by atoms with Crippen LogP contribution >= 0.6 is 0 Å². The average Bonchev–Trinajstić information content (AvgIpc) is 2.82. The minimum atomic E-state index is -0.0993. The number of rotatable bonds is 3. The van der Waals surface area contributed by atoms with Crippen molar-refractivity contribution in [2.75, 3.05) is 24.3 Å². The van der Waals surface area contributed by atoms with Crippen LogP contribution in [0.4, 0.5) is 16.2 Å². The van der Waals surface area contributed by atoms with Gasteiger partial charge in [-0.1, -0.05) is 18.9 Å². The van der Waals surface area contributed by atoms with Gasteiger partial charge in [0, 0.05) is 31.5 Å². The van der Waals surface area contributed by atoms with Crippen molar-refractivity contribution >= 4 is 17.4 Å². The lowest BCUT2D eigenvalue weighted by molar-refractivity contribution is 0.248. The molecule has 2 rings (SSSR count). The summed E-state index contributed by atoms with van der Waals surface area (Å²) in [6, 6.07) is 8.08. The highest BCUT2D eigenvalue weighted by atomic mass is 16.2. The maximum Gasteiger partial charge on any atom is 0.319 e. The number of nitrogens with one attached hydrogen (secondary N) is 2. The standard InChI is InChI=1S/C14H21N3O/c1-17(2)13-9-5-8-12(10-13)16-14(18)15-11-6-3-4-7-11/h5,8-11H,3-4,6-7H2,1-2H3,(H2,15,16,18). The van der Waals surface area contributed by atoms with Crippen molar-refractivity contribution in [1.29, 1.82) is 0 Å². The molecule has 0 saturated heterocycles. The maximum absolute atomic E-state index is 11.8. The molecule has 1 aliphatic rings. The Labute approximate surface area is 108 Å². The number of carbonyl (C=O) groups excluding carboxylic acids is 1. The smallest absolute Gasteiger partial charge is 0.319 e. The zero-order chi connectivity index (χ0) is 13.0. The number of urea groups is 1. The lowest BCUT2D eigenvalue weighted by Gasteiger charge is -2.16. The molecule has 98 valence electrons. The third-order valence-electron chi connectivity index (χ3n) is 3.31. The van der Waals surface area contributed by atoms with Crippen LogP contribution in [0.2, 0.25) is 0 Å². The van der Waals surface area contributed by atoms with Crippen LogP contribution in [0.1, 0.15) is 25.7 Å². The van der Waals surface area contributed by atoms with E-state index in [0.717, 1.165) is 24.2 Å². The van der Waals surface area contributed by atoms with Crippen molar-refractivity contribution in [2.45, 2.75) is 31.7 Å². The highest BCUT2D eigenvalue weighted by Gasteiger charge is 2.16. The topological polar surface area (TPSA) is 44.4 Å². The summed E-state index contributed by atoms with van der Waals surface area (Å²) < 4.78 is 0. The molecule has 2 N–H and O–H groups in total. The third-order valence-corrected chi connectivity index (χ3v) is 3.31. The summed E-state index contributed by atoms with van der Waals surface area (Å²) >= 11 is 0. The minimum absolute atomic E-state index is 0.0993. The summed E-state index contributed by atoms with van der Waals surface area (Å²) in [5, 5.41) is 5.90. The molecule has 4 nitrogen and oxygen atoms in total. The molecule has 0 bridgehead atoms. The van der Waals surface area contributed by atoms with Gasteiger partial charge >= 0.3 is 6.03 Å². The normalized spacial score (nSPS) is 15.4. The van der Waals surface area contributed by atoms with E-state index >= 15 is 0 Å². The molecule has 0 unspecified atom stereocenters. The fraction of sp³-hybridized carbons (Fsp3) is 0.500. The van der Waals surface area contributed by atoms with E-state index < -0.39 is 0 Å². The van der Waals surface area contributed by atoms with E-state index in [9.17, 15) is 4.79 Å². The van der Waals surface area contributed by atoms with E-state index in [0.29, 0.717) is 6.04 Å². The van der Waals surface area contributed by atoms with Crippen LogP contribution in [-0.2, 0) is 0 Å². The lowest BCUT2D eigenvalue weighted by Crippen LogP contribution is -2.36. The Kier molecular flexibility index (Phi) is 4.07. The molecule has 1 aromatic carbocycles. The lowest BCUT2D eigenvalue weighted by atomic mass is 10.2. The van der Waals surface area contributed by atoms with Crippen LogP contribution in [0.5, 0.6) is 0 Å². The number of carbonyl (C=O) groups is 1. The third kappa shape index (κ3) is 3.39. The van der Waals surface area contributed by atoms with Crippen molar-refractivity contribution in [3.05, 3.63) is 24.3 Å². The second-order valence-electron chi connectivity index (χ2n) is 5.02. The van der Waals surface area contributed by atoms with E-state index in [2.05, 4.69) is 10.6 Å². The summed E-state index contributed by atoms with van der Waals surface area (Å²) in [6.45, 7) is 0. The van der Waals surface area contributed by atoms with Gasteiger partial charge in [-0.3, -0.25) is 0 Å². The quantitative estimate of drug-likeness (QED) is 0.862. The van der Waals surface area contributed by atoms with Crippen LogP contribution in [0.15, 0.2) is 24.3 Å². The van der Waals surface area contributed by atoms with Crippen LogP contribution < -0.4 is 15.5 Å². The Bertz CT molecular complexity index is 411. The van der Waals surface area contributed by atoms with E-state index in [1.807, 2.05) is 43.3 Å². The monoisotopic (exact) mass is 247 g/mol. The van der Waals surface area contributed by atoms with Crippen molar-refractivity contribution in [2.24, 2.45) is 0 Å². The van der Waals surface area contributed by atoms with Crippen LogP contribution in [0, 0.1) is 0 Å². The van der Waals surface area contributed by atoms with Gasteiger partial charge in [0.1, 0.15) is 0 Å². The first-order valence-corrected chi connectivity index (χ1v) is 6.50. The van der Waals surface area contributed by atoms with Gasteiger partial charge in [-0.05, 0) is 31.0 Å². The highest BCUT2D eigenvalue weighted by molar-refractivity contribution is 5.90. The molecule has 0 aromatic heterocycles. The summed E-state index contributed by atoms with van der Waals surface area (Å²) in [6.07, 6.45) is 4.65. The van der Waals surface area contributed by atoms with Gasteiger partial charge in [0.15, 0.2) is 0 Å². The van der Waals surface area contributed by atoms with Gasteiger partial charge in [-0.15, -0.1) is 0 Å². The maximum atomic E-state index is 11.8. The first-order chi connectivity index (χ1) is 8.65. The van der Waals surface area contributed by atoms with E-state index in [4.69, 9.17) is 0 Å². The van der Waals surface area contributed by atoms with Crippen molar-refractivity contribution in [3.8, 4) is 0 Å². The average molecular weight is 247 g/mol. The number of benzene rings is 1. The number of hydrogen-bond donors (Lipinski definition) is 2. The molecule has 0 heterocycles. The van der Waals surface area contributed by atoms with Gasteiger partial charge < -0.3 is 15.5 Å². The van der Waals surface area contributed by atoms with Crippen molar-refractivity contribution < 1.29 is 4.79 Å². The molecule has 1 aliphatic carbocycles. The van der Waals surface area contributed by atoms with Crippen molar-refractivity contribution in [3.63, 3.8) is 0 Å². The molecule has 1 saturated carbocycles. The van der Waals surface area contributed by atoms with Gasteiger partial charge in [0.2, 0.25) is 0 Å². The number of anilines is 2. The van der Waals surface area contributed by atoms with E-state index in [-0.39, 0.29) is 6.03 Å². The van der Waals surface area contributed by atoms with E-state index in [1.165, 1.54) is 12.8 Å². The SMILES string of the molecule is CN(C)c1cccc(NC(=O)NC2CCCC2)c1. The molecule has 0 aliphatic heterocycles. The molecule has 2 amide bonds. The second kappa shape index (κ2) is 5.76. The van der Waals surface area contributed by atoms with Gasteiger partial charge in [-0.2, -0.15) is 0 Å². The molecule has 1 fully saturated rings. The van der Waals surface area contributed by atoms with E-state index in [1.54, 1.807) is 0 Å². The molecule has 0 spiro atoms. The Hall–Kier alpha value is -1.71. The molecule has 0 radical (unpaired) electrons. The number of nitrogens with zero attached hydrogens (tertiary/aromatic N) is 1. The molecule has 18 heavy (non-hydrogen) atoms. The summed E-state index contributed by atoms with van der Waals surface area (Å²) in [4.78, 5) is 13.8. The van der Waals surface area contributed by atoms with Gasteiger partial charge in [-0.25, -0.2) is 4.79 Å². The Balaban J connectivity index is 1.91. The zero-order valence-electron chi connectivity index (χ0n) is 11.1. The van der Waals surface area contributed by atoms with Gasteiger partial charge in [0.05, 0.1) is 0 Å². The number of hydrogen-bond acceptors (Lipinski definition) is 2. The predicted octanol–water partition coefficient (Wildman–Crippen LogP) is 2.82. The first-order valence-electron chi connectivity index (χ1n) is 6.50. The molecule has 1 aromatic rings. The first kappa shape index (κ1) is 12.7. The molecular weight excluding hydrogens is 226 g/mol. The van der Waals surface area contributed by atoms with Crippen LogP contribution in [-0.4, -0.2) is 26.2 Å². The zero-order valence-corrected chi connectivity index (χ0v) is 11.1. The number of amides is 2. The van der Waals surface area contributed by atoms with Crippen molar-refractivity contribution in [1.82, 2.24) is 5.32 Å². The molecular formula is C14H21N3O. The summed E-state index contributed by atoms with van der Waals surface area (Å²) in [7, 11) is 3.97. The fourth-order valence-electron chi connectivity index (χ4n) is 2.28. The molecule has 0 atom stereocenters. The predicted molar refractivity (Wildman–Crippen MR) is 75.2 cm³/mol. The second-order valence-corrected chi connectivity index (χ2v) is 5.02. The van der Waals surface area contributed by atoms with Crippen LogP contribution in [0.25, 0.3) is 0 Å². The Morgan fingerprint density at radius 1 is 1.28 bits per heavy atom. The largest absolute Gasteiger partial charge is 0.378 e. The Morgan fingerprint density at radius 2 is 2.00 bits per heavy atom. The minimum Gasteiger partial charge on any atom is -0.378 e. The van der Waals surface area contributed by atoms with Gasteiger partial charge in [0.25, 0.3) is 0 Å². The summed E-state index contributed by atoms with van der Waals surface area (Å²) in [5.74, 6) is 0. The fourth-order valence-corrected chi connectivity index (χ4v) is 2.28. The Morgan fingerprint density at radius 3 is 2.67 bits per heavy atom. The van der Waals surface area contributed by atoms with Crippen LogP contribution in [0.3, 0.4) is 0 Å². The molecule has 4 heteroatoms.